The highest BCUT2D eigenvalue weighted by atomic mass is 16.1. The molecule has 0 fully saturated rings. The summed E-state index contributed by atoms with van der Waals surface area (Å²) in [6.45, 7) is 0. The predicted molar refractivity (Wildman–Crippen MR) is 66.9 cm³/mol. The van der Waals surface area contributed by atoms with Gasteiger partial charge in [0.15, 0.2) is 0 Å². The van der Waals surface area contributed by atoms with Gasteiger partial charge in [0, 0.05) is 6.08 Å². The van der Waals surface area contributed by atoms with Crippen LogP contribution in [0, 0.1) is 0 Å². The van der Waals surface area contributed by atoms with Crippen molar-refractivity contribution in [3.05, 3.63) is 60.2 Å². The average molecular weight is 215 g/mol. The van der Waals surface area contributed by atoms with Gasteiger partial charge in [-0.2, -0.15) is 0 Å². The number of rotatable bonds is 6. The molecule has 1 amide bonds. The standard InChI is InChI=1S/C14H17NO/c15-14(16)12-8-3-1-2-5-9-13-10-6-4-7-11-13/h1,3-4,6-8,10-12H,2,5,9H2,(H2,15,16). The van der Waals surface area contributed by atoms with E-state index in [1.165, 1.54) is 11.6 Å². The van der Waals surface area contributed by atoms with E-state index in [2.05, 4.69) is 24.3 Å². The number of primary amides is 1. The number of carbonyl (C=O) groups excluding carboxylic acids is 1. The minimum atomic E-state index is -0.408. The summed E-state index contributed by atoms with van der Waals surface area (Å²) in [4.78, 5) is 10.4. The molecular formula is C14H17NO. The van der Waals surface area contributed by atoms with Gasteiger partial charge in [-0.25, -0.2) is 0 Å². The molecule has 84 valence electrons. The Morgan fingerprint density at radius 2 is 1.94 bits per heavy atom. The van der Waals surface area contributed by atoms with Crippen molar-refractivity contribution in [3.63, 3.8) is 0 Å². The number of carbonyl (C=O) groups is 1. The molecule has 0 radical (unpaired) electrons. The number of allylic oxidation sites excluding steroid dienone is 3. The maximum absolute atomic E-state index is 10.4. The summed E-state index contributed by atoms with van der Waals surface area (Å²) in [5, 5.41) is 0. The van der Waals surface area contributed by atoms with Crippen LogP contribution in [0.5, 0.6) is 0 Å². The number of hydrogen-bond donors (Lipinski definition) is 1. The zero-order valence-corrected chi connectivity index (χ0v) is 9.30. The highest BCUT2D eigenvalue weighted by Crippen LogP contribution is 2.04. The van der Waals surface area contributed by atoms with Crippen molar-refractivity contribution in [2.45, 2.75) is 19.3 Å². The molecule has 0 aromatic heterocycles. The molecule has 0 aliphatic carbocycles. The highest BCUT2D eigenvalue weighted by Gasteiger charge is 1.89. The first-order valence-electron chi connectivity index (χ1n) is 5.45. The Bertz CT molecular complexity index is 366. The second kappa shape index (κ2) is 7.46. The van der Waals surface area contributed by atoms with Gasteiger partial charge in [-0.05, 0) is 24.8 Å². The summed E-state index contributed by atoms with van der Waals surface area (Å²) in [7, 11) is 0. The van der Waals surface area contributed by atoms with E-state index in [0.717, 1.165) is 19.3 Å². The van der Waals surface area contributed by atoms with Gasteiger partial charge in [0.25, 0.3) is 0 Å². The van der Waals surface area contributed by atoms with E-state index in [0.29, 0.717) is 0 Å². The normalized spacial score (nSPS) is 11.2. The van der Waals surface area contributed by atoms with Gasteiger partial charge in [0.2, 0.25) is 5.91 Å². The SMILES string of the molecule is NC(=O)C=CC=CCCCc1ccccc1. The Kier molecular flexibility index (Phi) is 5.71. The molecule has 16 heavy (non-hydrogen) atoms. The molecule has 0 aliphatic rings. The number of aryl methyl sites for hydroxylation is 1. The van der Waals surface area contributed by atoms with Crippen molar-refractivity contribution in [2.24, 2.45) is 5.73 Å². The molecule has 1 aromatic carbocycles. The third-order valence-electron chi connectivity index (χ3n) is 2.19. The van der Waals surface area contributed by atoms with Gasteiger partial charge in [0.05, 0.1) is 0 Å². The Morgan fingerprint density at radius 3 is 2.62 bits per heavy atom. The minimum Gasteiger partial charge on any atom is -0.366 e. The number of benzene rings is 1. The molecule has 2 heteroatoms. The van der Waals surface area contributed by atoms with Crippen molar-refractivity contribution < 1.29 is 4.79 Å². The second-order valence-electron chi connectivity index (χ2n) is 3.57. The Morgan fingerprint density at radius 1 is 1.19 bits per heavy atom. The van der Waals surface area contributed by atoms with E-state index >= 15 is 0 Å². The van der Waals surface area contributed by atoms with Crippen LogP contribution in [0.4, 0.5) is 0 Å². The van der Waals surface area contributed by atoms with E-state index in [9.17, 15) is 4.79 Å². The fourth-order valence-corrected chi connectivity index (χ4v) is 1.39. The molecule has 0 heterocycles. The smallest absolute Gasteiger partial charge is 0.241 e. The van der Waals surface area contributed by atoms with Crippen molar-refractivity contribution in [1.82, 2.24) is 0 Å². The minimum absolute atomic E-state index is 0.408. The number of unbranched alkanes of at least 4 members (excludes halogenated alkanes) is 1. The Hall–Kier alpha value is -1.83. The van der Waals surface area contributed by atoms with Gasteiger partial charge in [-0.3, -0.25) is 4.79 Å². The summed E-state index contributed by atoms with van der Waals surface area (Å²) in [6.07, 6.45) is 10.1. The van der Waals surface area contributed by atoms with Crippen molar-refractivity contribution >= 4 is 5.91 Å². The Balaban J connectivity index is 2.15. The van der Waals surface area contributed by atoms with Crippen LogP contribution in [0.1, 0.15) is 18.4 Å². The molecule has 0 saturated heterocycles. The molecule has 0 aliphatic heterocycles. The summed E-state index contributed by atoms with van der Waals surface area (Å²) >= 11 is 0. The lowest BCUT2D eigenvalue weighted by Gasteiger charge is -1.97. The first-order chi connectivity index (χ1) is 7.79. The molecule has 1 aromatic rings. The average Bonchev–Trinajstić information content (AvgIpc) is 2.29. The van der Waals surface area contributed by atoms with Gasteiger partial charge in [0.1, 0.15) is 0 Å². The molecule has 1 rings (SSSR count). The summed E-state index contributed by atoms with van der Waals surface area (Å²) in [5.41, 5.74) is 6.31. The van der Waals surface area contributed by atoms with Gasteiger partial charge < -0.3 is 5.73 Å². The zero-order chi connectivity index (χ0) is 11.6. The van der Waals surface area contributed by atoms with E-state index < -0.39 is 5.91 Å². The van der Waals surface area contributed by atoms with E-state index in [1.54, 1.807) is 6.08 Å². The second-order valence-corrected chi connectivity index (χ2v) is 3.57. The fraction of sp³-hybridized carbons (Fsp3) is 0.214. The number of hydrogen-bond acceptors (Lipinski definition) is 1. The van der Waals surface area contributed by atoms with Crippen molar-refractivity contribution in [3.8, 4) is 0 Å². The van der Waals surface area contributed by atoms with Crippen LogP contribution in [0.2, 0.25) is 0 Å². The fourth-order valence-electron chi connectivity index (χ4n) is 1.39. The first-order valence-corrected chi connectivity index (χ1v) is 5.45. The van der Waals surface area contributed by atoms with Gasteiger partial charge >= 0.3 is 0 Å². The number of amides is 1. The highest BCUT2D eigenvalue weighted by molar-refractivity contribution is 5.85. The lowest BCUT2D eigenvalue weighted by Crippen LogP contribution is -2.04. The van der Waals surface area contributed by atoms with E-state index in [-0.39, 0.29) is 0 Å². The van der Waals surface area contributed by atoms with E-state index in [1.807, 2.05) is 18.2 Å². The van der Waals surface area contributed by atoms with Gasteiger partial charge in [-0.15, -0.1) is 0 Å². The quantitative estimate of drug-likeness (QED) is 0.442. The molecule has 0 unspecified atom stereocenters. The maximum Gasteiger partial charge on any atom is 0.241 e. The third-order valence-corrected chi connectivity index (χ3v) is 2.19. The van der Waals surface area contributed by atoms with Crippen LogP contribution in [0.15, 0.2) is 54.6 Å². The van der Waals surface area contributed by atoms with Crippen LogP contribution in [-0.2, 0) is 11.2 Å². The number of nitrogens with two attached hydrogens (primary N) is 1. The monoisotopic (exact) mass is 215 g/mol. The molecule has 0 saturated carbocycles. The molecule has 2 N–H and O–H groups in total. The summed E-state index contributed by atoms with van der Waals surface area (Å²) in [5.74, 6) is -0.408. The Labute approximate surface area is 96.5 Å². The third kappa shape index (κ3) is 5.81. The van der Waals surface area contributed by atoms with Crippen LogP contribution in [-0.4, -0.2) is 5.91 Å². The van der Waals surface area contributed by atoms with Crippen molar-refractivity contribution in [2.75, 3.05) is 0 Å². The molecule has 0 spiro atoms. The molecule has 0 bridgehead atoms. The molecule has 2 nitrogen and oxygen atoms in total. The topological polar surface area (TPSA) is 43.1 Å². The maximum atomic E-state index is 10.4. The van der Waals surface area contributed by atoms with Gasteiger partial charge in [-0.1, -0.05) is 48.6 Å². The summed E-state index contributed by atoms with van der Waals surface area (Å²) < 4.78 is 0. The predicted octanol–water partition coefficient (Wildman–Crippen LogP) is 2.61. The van der Waals surface area contributed by atoms with Crippen LogP contribution < -0.4 is 5.73 Å². The lowest BCUT2D eigenvalue weighted by molar-refractivity contribution is -0.113. The van der Waals surface area contributed by atoms with Crippen LogP contribution >= 0.6 is 0 Å². The lowest BCUT2D eigenvalue weighted by atomic mass is 10.1. The van der Waals surface area contributed by atoms with Crippen molar-refractivity contribution in [1.29, 1.82) is 0 Å². The summed E-state index contributed by atoms with van der Waals surface area (Å²) in [6, 6.07) is 10.4. The molecular weight excluding hydrogens is 198 g/mol. The first kappa shape index (κ1) is 12.2. The van der Waals surface area contributed by atoms with Crippen LogP contribution in [0.3, 0.4) is 0 Å². The molecule has 0 atom stereocenters. The zero-order valence-electron chi connectivity index (χ0n) is 9.30. The van der Waals surface area contributed by atoms with Crippen LogP contribution in [0.25, 0.3) is 0 Å². The largest absolute Gasteiger partial charge is 0.366 e. The van der Waals surface area contributed by atoms with E-state index in [4.69, 9.17) is 5.73 Å².